The molecule has 0 radical (unpaired) electrons. The monoisotopic (exact) mass is 580 g/mol. The molecule has 43 heavy (non-hydrogen) atoms. The van der Waals surface area contributed by atoms with Crippen molar-refractivity contribution in [3.63, 3.8) is 0 Å². The number of benzene rings is 3. The van der Waals surface area contributed by atoms with Crippen molar-refractivity contribution in [3.05, 3.63) is 101 Å². The largest absolute Gasteiger partial charge is 0.349 e. The molecule has 5 rings (SSSR count). The first kappa shape index (κ1) is 30.3. The number of nitrogens with zero attached hydrogens (tertiary/aromatic N) is 1. The molecule has 3 atom stereocenters. The van der Waals surface area contributed by atoms with Crippen molar-refractivity contribution in [2.45, 2.75) is 89.3 Å². The summed E-state index contributed by atoms with van der Waals surface area (Å²) in [7, 11) is 0. The summed E-state index contributed by atoms with van der Waals surface area (Å²) in [5.74, 6) is -0.409. The van der Waals surface area contributed by atoms with E-state index in [1.807, 2.05) is 73.7 Å². The van der Waals surface area contributed by atoms with Gasteiger partial charge in [-0.15, -0.1) is 0 Å². The Kier molecular flexibility index (Phi) is 9.49. The molecular formula is C36H44N4O3. The van der Waals surface area contributed by atoms with E-state index in [9.17, 15) is 14.4 Å². The lowest BCUT2D eigenvalue weighted by molar-refractivity contribution is -0.140. The summed E-state index contributed by atoms with van der Waals surface area (Å²) in [6, 6.07) is 24.2. The van der Waals surface area contributed by atoms with Gasteiger partial charge in [0.2, 0.25) is 11.8 Å². The van der Waals surface area contributed by atoms with Crippen LogP contribution in [0, 0.1) is 13.8 Å². The smallest absolute Gasteiger partial charge is 0.319 e. The maximum Gasteiger partial charge on any atom is 0.319 e. The zero-order valence-electron chi connectivity index (χ0n) is 25.6. The molecule has 7 heteroatoms. The van der Waals surface area contributed by atoms with Crippen LogP contribution in [0.2, 0.25) is 0 Å². The first-order valence-corrected chi connectivity index (χ1v) is 15.6. The SMILES string of the molecule is Cc1cccc(NC(=O)N[C@@H]2C[C@H](c3ccccc3C)C[C@H](c3ccccc3)N(CC(=O)NC3(C)CCCCC3)C2=O)c1. The zero-order chi connectivity index (χ0) is 30.4. The molecule has 0 spiro atoms. The summed E-state index contributed by atoms with van der Waals surface area (Å²) in [6.45, 7) is 6.09. The second kappa shape index (κ2) is 13.4. The standard InChI is InChI=1S/C36H44N4O3/c1-25-13-12-17-29(21-25)37-35(43)38-31-22-28(30-18-9-8-14-26(30)2)23-32(27-15-6-4-7-16-27)40(34(31)42)24-33(41)39-36(3)19-10-5-11-20-36/h4,6-9,12-18,21,28,31-32H,5,10-11,19-20,22-24H2,1-3H3,(H,39,41)(H2,37,38,43)/t28-,31+,32+/m0/s1. The molecule has 3 aromatic rings. The van der Waals surface area contributed by atoms with Crippen molar-refractivity contribution in [2.75, 3.05) is 11.9 Å². The van der Waals surface area contributed by atoms with E-state index < -0.39 is 12.1 Å². The lowest BCUT2D eigenvalue weighted by Crippen LogP contribution is -2.54. The van der Waals surface area contributed by atoms with Crippen LogP contribution in [0.5, 0.6) is 0 Å². The second-order valence-corrected chi connectivity index (χ2v) is 12.6. The highest BCUT2D eigenvalue weighted by atomic mass is 16.2. The summed E-state index contributed by atoms with van der Waals surface area (Å²) < 4.78 is 0. The molecule has 1 heterocycles. The van der Waals surface area contributed by atoms with Gasteiger partial charge >= 0.3 is 6.03 Å². The summed E-state index contributed by atoms with van der Waals surface area (Å²) in [4.78, 5) is 43.0. The maximum absolute atomic E-state index is 14.4. The average molecular weight is 581 g/mol. The third-order valence-corrected chi connectivity index (χ3v) is 9.09. The van der Waals surface area contributed by atoms with E-state index in [-0.39, 0.29) is 35.9 Å². The highest BCUT2D eigenvalue weighted by molar-refractivity contribution is 5.95. The average Bonchev–Trinajstić information content (AvgIpc) is 3.10. The minimum Gasteiger partial charge on any atom is -0.349 e. The van der Waals surface area contributed by atoms with Crippen LogP contribution in [0.25, 0.3) is 0 Å². The molecule has 4 amide bonds. The Balaban J connectivity index is 1.47. The van der Waals surface area contributed by atoms with Crippen molar-refractivity contribution in [3.8, 4) is 0 Å². The molecule has 2 fully saturated rings. The number of urea groups is 1. The molecule has 0 bridgehead atoms. The molecule has 226 valence electrons. The van der Waals surface area contributed by atoms with Crippen molar-refractivity contribution < 1.29 is 14.4 Å². The Morgan fingerprint density at radius 1 is 0.884 bits per heavy atom. The van der Waals surface area contributed by atoms with Gasteiger partial charge in [0.25, 0.3) is 0 Å². The fourth-order valence-electron chi connectivity index (χ4n) is 6.87. The number of hydrogen-bond donors (Lipinski definition) is 3. The fraction of sp³-hybridized carbons (Fsp3) is 0.417. The topological polar surface area (TPSA) is 90.5 Å². The van der Waals surface area contributed by atoms with Crippen LogP contribution in [0.1, 0.15) is 86.1 Å². The molecule has 3 N–H and O–H groups in total. The van der Waals surface area contributed by atoms with Crippen LogP contribution >= 0.6 is 0 Å². The predicted octanol–water partition coefficient (Wildman–Crippen LogP) is 6.78. The summed E-state index contributed by atoms with van der Waals surface area (Å²) in [6.07, 6.45) is 6.32. The Bertz CT molecular complexity index is 1430. The maximum atomic E-state index is 14.4. The Hall–Kier alpha value is -4.13. The zero-order valence-corrected chi connectivity index (χ0v) is 25.6. The van der Waals surface area contributed by atoms with Gasteiger partial charge in [0, 0.05) is 11.2 Å². The minimum atomic E-state index is -0.804. The van der Waals surface area contributed by atoms with E-state index in [1.165, 1.54) is 6.42 Å². The van der Waals surface area contributed by atoms with Crippen LogP contribution < -0.4 is 16.0 Å². The van der Waals surface area contributed by atoms with Gasteiger partial charge in [-0.1, -0.05) is 86.0 Å². The predicted molar refractivity (Wildman–Crippen MR) is 171 cm³/mol. The second-order valence-electron chi connectivity index (χ2n) is 12.6. The molecule has 1 saturated heterocycles. The number of anilines is 1. The van der Waals surface area contributed by atoms with E-state index in [1.54, 1.807) is 4.90 Å². The van der Waals surface area contributed by atoms with Crippen LogP contribution in [-0.4, -0.2) is 40.9 Å². The molecule has 0 aromatic heterocycles. The van der Waals surface area contributed by atoms with E-state index in [2.05, 4.69) is 41.9 Å². The molecule has 3 aromatic carbocycles. The normalized spacial score (nSPS) is 21.9. The molecule has 1 aliphatic carbocycles. The number of aryl methyl sites for hydroxylation is 2. The van der Waals surface area contributed by atoms with Crippen LogP contribution in [0.15, 0.2) is 78.9 Å². The molecule has 1 aliphatic heterocycles. The van der Waals surface area contributed by atoms with Crippen LogP contribution in [0.3, 0.4) is 0 Å². The quantitative estimate of drug-likeness (QED) is 0.288. The number of carbonyl (C=O) groups is 3. The van der Waals surface area contributed by atoms with Gasteiger partial charge in [-0.2, -0.15) is 0 Å². The summed E-state index contributed by atoms with van der Waals surface area (Å²) >= 11 is 0. The molecule has 7 nitrogen and oxygen atoms in total. The Labute approximate surface area is 255 Å². The summed E-state index contributed by atoms with van der Waals surface area (Å²) in [5.41, 5.74) is 4.71. The van der Waals surface area contributed by atoms with Gasteiger partial charge in [0.1, 0.15) is 12.6 Å². The molecule has 0 unspecified atom stereocenters. The number of rotatable bonds is 7. The lowest BCUT2D eigenvalue weighted by atomic mass is 9.83. The van der Waals surface area contributed by atoms with Crippen LogP contribution in [-0.2, 0) is 9.59 Å². The van der Waals surface area contributed by atoms with Crippen molar-refractivity contribution in [2.24, 2.45) is 0 Å². The van der Waals surface area contributed by atoms with E-state index in [0.29, 0.717) is 18.5 Å². The fourth-order valence-corrected chi connectivity index (χ4v) is 6.87. The third kappa shape index (κ3) is 7.64. The van der Waals surface area contributed by atoms with Gasteiger partial charge in [0.15, 0.2) is 0 Å². The highest BCUT2D eigenvalue weighted by Gasteiger charge is 2.40. The van der Waals surface area contributed by atoms with Crippen molar-refractivity contribution >= 4 is 23.5 Å². The van der Waals surface area contributed by atoms with Gasteiger partial charge < -0.3 is 20.9 Å². The number of likely N-dealkylation sites (tertiary alicyclic amines) is 1. The van der Waals surface area contributed by atoms with Gasteiger partial charge in [-0.3, -0.25) is 9.59 Å². The van der Waals surface area contributed by atoms with E-state index >= 15 is 0 Å². The lowest BCUT2D eigenvalue weighted by Gasteiger charge is -2.37. The van der Waals surface area contributed by atoms with Gasteiger partial charge in [0.05, 0.1) is 6.04 Å². The third-order valence-electron chi connectivity index (χ3n) is 9.09. The number of nitrogens with one attached hydrogen (secondary N) is 3. The van der Waals surface area contributed by atoms with E-state index in [4.69, 9.17) is 0 Å². The Morgan fingerprint density at radius 2 is 1.60 bits per heavy atom. The summed E-state index contributed by atoms with van der Waals surface area (Å²) in [5, 5.41) is 9.15. The Morgan fingerprint density at radius 3 is 2.33 bits per heavy atom. The molecule has 2 aliphatic rings. The van der Waals surface area contributed by atoms with Crippen molar-refractivity contribution in [1.29, 1.82) is 0 Å². The van der Waals surface area contributed by atoms with Crippen LogP contribution in [0.4, 0.5) is 10.5 Å². The molecule has 1 saturated carbocycles. The number of amides is 4. The number of carbonyl (C=O) groups excluding carboxylic acids is 3. The number of hydrogen-bond acceptors (Lipinski definition) is 3. The van der Waals surface area contributed by atoms with Gasteiger partial charge in [-0.05, 0) is 86.8 Å². The first-order valence-electron chi connectivity index (χ1n) is 15.6. The minimum absolute atomic E-state index is 0.0106. The van der Waals surface area contributed by atoms with Crippen molar-refractivity contribution in [1.82, 2.24) is 15.5 Å². The van der Waals surface area contributed by atoms with E-state index in [0.717, 1.165) is 47.9 Å². The van der Waals surface area contributed by atoms with Gasteiger partial charge in [-0.25, -0.2) is 4.79 Å². The molecular weight excluding hydrogens is 536 g/mol. The first-order chi connectivity index (χ1) is 20.7. The highest BCUT2D eigenvalue weighted by Crippen LogP contribution is 2.40.